The molecule has 1 heterocycles. The van der Waals surface area contributed by atoms with Gasteiger partial charge in [0.25, 0.3) is 0 Å². The van der Waals surface area contributed by atoms with Crippen molar-refractivity contribution in [2.75, 3.05) is 13.2 Å². The second kappa shape index (κ2) is 5.73. The van der Waals surface area contributed by atoms with E-state index >= 15 is 0 Å². The Morgan fingerprint density at radius 3 is 3.06 bits per heavy atom. The molecule has 4 nitrogen and oxygen atoms in total. The summed E-state index contributed by atoms with van der Waals surface area (Å²) >= 11 is 0. The molecule has 0 atom stereocenters. The number of nitrogens with one attached hydrogen (secondary N) is 2. The van der Waals surface area contributed by atoms with E-state index in [1.807, 2.05) is 24.4 Å². The number of aliphatic hydroxyl groups is 1. The van der Waals surface area contributed by atoms with Crippen LogP contribution in [-0.4, -0.2) is 37.0 Å². The lowest BCUT2D eigenvalue weighted by atomic mass is 9.94. The molecule has 2 rings (SSSR count). The van der Waals surface area contributed by atoms with Crippen molar-refractivity contribution in [2.45, 2.75) is 12.8 Å². The first-order chi connectivity index (χ1) is 8.70. The molecule has 1 aromatic heterocycles. The number of aromatic amines is 1. The summed E-state index contributed by atoms with van der Waals surface area (Å²) in [7, 11) is 5.75. The van der Waals surface area contributed by atoms with Crippen LogP contribution in [0.5, 0.6) is 0 Å². The van der Waals surface area contributed by atoms with Crippen molar-refractivity contribution < 1.29 is 9.90 Å². The van der Waals surface area contributed by atoms with Crippen LogP contribution in [0.25, 0.3) is 10.9 Å². The van der Waals surface area contributed by atoms with Crippen molar-refractivity contribution >= 4 is 30.1 Å². The van der Waals surface area contributed by atoms with E-state index in [4.69, 9.17) is 13.0 Å². The minimum atomic E-state index is -0.0534. The smallest absolute Gasteiger partial charge is 0.220 e. The van der Waals surface area contributed by atoms with E-state index in [1.54, 1.807) is 0 Å². The van der Waals surface area contributed by atoms with Gasteiger partial charge in [-0.15, -0.1) is 0 Å². The van der Waals surface area contributed by atoms with Gasteiger partial charge in [-0.3, -0.25) is 4.79 Å². The van der Waals surface area contributed by atoms with Gasteiger partial charge in [-0.2, -0.15) is 0 Å². The minimum absolute atomic E-state index is 0.0324. The molecule has 0 aliphatic carbocycles. The molecule has 2 aromatic rings. The summed E-state index contributed by atoms with van der Waals surface area (Å²) in [6.07, 6.45) is 2.96. The number of fused-ring (bicyclic) bond motifs is 1. The van der Waals surface area contributed by atoms with E-state index in [0.29, 0.717) is 24.8 Å². The SMILES string of the molecule is [B]c1ccc2[nH]cc(CCC(=O)NCCO)c2c1. The Hall–Kier alpha value is -1.75. The fraction of sp³-hybridized carbons (Fsp3) is 0.308. The second-order valence-electron chi connectivity index (χ2n) is 4.19. The standard InChI is InChI=1S/C13H15BN2O2/c14-10-2-3-12-11(7-10)9(8-16-12)1-4-13(18)15-5-6-17/h2-3,7-8,16-17H,1,4-6H2,(H,15,18). The lowest BCUT2D eigenvalue weighted by Gasteiger charge is -2.03. The molecule has 0 bridgehead atoms. The summed E-state index contributed by atoms with van der Waals surface area (Å²) in [4.78, 5) is 14.6. The number of H-pyrrole nitrogens is 1. The van der Waals surface area contributed by atoms with Crippen LogP contribution < -0.4 is 10.8 Å². The predicted molar refractivity (Wildman–Crippen MR) is 72.1 cm³/mol. The molecule has 5 heteroatoms. The van der Waals surface area contributed by atoms with Gasteiger partial charge in [-0.1, -0.05) is 17.6 Å². The van der Waals surface area contributed by atoms with Crippen molar-refractivity contribution in [3.05, 3.63) is 30.0 Å². The highest BCUT2D eigenvalue weighted by atomic mass is 16.3. The van der Waals surface area contributed by atoms with Gasteiger partial charge in [0, 0.05) is 30.1 Å². The normalized spacial score (nSPS) is 10.7. The van der Waals surface area contributed by atoms with Gasteiger partial charge in [0.2, 0.25) is 5.91 Å². The predicted octanol–water partition coefficient (Wildman–Crippen LogP) is 0.00280. The van der Waals surface area contributed by atoms with E-state index in [9.17, 15) is 4.79 Å². The van der Waals surface area contributed by atoms with Crippen LogP contribution in [0.3, 0.4) is 0 Å². The molecule has 0 unspecified atom stereocenters. The maximum Gasteiger partial charge on any atom is 0.220 e. The Kier molecular flexibility index (Phi) is 4.05. The zero-order chi connectivity index (χ0) is 13.0. The molecule has 92 valence electrons. The Labute approximate surface area is 107 Å². The molecular formula is C13H15BN2O2. The van der Waals surface area contributed by atoms with Gasteiger partial charge in [0.1, 0.15) is 7.85 Å². The molecule has 0 spiro atoms. The molecule has 2 radical (unpaired) electrons. The molecule has 0 aliphatic rings. The highest BCUT2D eigenvalue weighted by molar-refractivity contribution is 6.33. The summed E-state index contributed by atoms with van der Waals surface area (Å²) in [6, 6.07) is 5.68. The maximum absolute atomic E-state index is 11.4. The fourth-order valence-corrected chi connectivity index (χ4v) is 1.93. The number of carbonyl (C=O) groups is 1. The van der Waals surface area contributed by atoms with Crippen molar-refractivity contribution in [3.8, 4) is 0 Å². The number of aromatic nitrogens is 1. The van der Waals surface area contributed by atoms with Gasteiger partial charge in [0.05, 0.1) is 6.61 Å². The third-order valence-corrected chi connectivity index (χ3v) is 2.85. The monoisotopic (exact) mass is 242 g/mol. The molecule has 0 saturated heterocycles. The molecule has 1 aromatic carbocycles. The van der Waals surface area contributed by atoms with Crippen molar-refractivity contribution in [1.29, 1.82) is 0 Å². The van der Waals surface area contributed by atoms with E-state index in [1.165, 1.54) is 0 Å². The largest absolute Gasteiger partial charge is 0.395 e. The van der Waals surface area contributed by atoms with Crippen LogP contribution in [0.2, 0.25) is 0 Å². The average molecular weight is 242 g/mol. The van der Waals surface area contributed by atoms with Gasteiger partial charge < -0.3 is 15.4 Å². The van der Waals surface area contributed by atoms with Crippen LogP contribution in [0, 0.1) is 0 Å². The highest BCUT2D eigenvalue weighted by Gasteiger charge is 2.06. The summed E-state index contributed by atoms with van der Waals surface area (Å²) < 4.78 is 0. The zero-order valence-electron chi connectivity index (χ0n) is 10.1. The summed E-state index contributed by atoms with van der Waals surface area (Å²) in [5, 5.41) is 12.3. The molecule has 18 heavy (non-hydrogen) atoms. The third kappa shape index (κ3) is 2.93. The number of amides is 1. The van der Waals surface area contributed by atoms with Crippen LogP contribution in [0.1, 0.15) is 12.0 Å². The van der Waals surface area contributed by atoms with Crippen LogP contribution >= 0.6 is 0 Å². The summed E-state index contributed by atoms with van der Waals surface area (Å²) in [5.74, 6) is -0.0534. The Balaban J connectivity index is 2.03. The number of carbonyl (C=O) groups excluding carboxylic acids is 1. The fourth-order valence-electron chi connectivity index (χ4n) is 1.93. The molecule has 0 saturated carbocycles. The highest BCUT2D eigenvalue weighted by Crippen LogP contribution is 2.17. The maximum atomic E-state index is 11.4. The first-order valence-electron chi connectivity index (χ1n) is 5.94. The van der Waals surface area contributed by atoms with Gasteiger partial charge in [0.15, 0.2) is 0 Å². The van der Waals surface area contributed by atoms with Gasteiger partial charge >= 0.3 is 0 Å². The molecule has 0 fully saturated rings. The van der Waals surface area contributed by atoms with Crippen LogP contribution in [0.15, 0.2) is 24.4 Å². The number of aryl methyl sites for hydroxylation is 1. The van der Waals surface area contributed by atoms with Gasteiger partial charge in [-0.25, -0.2) is 0 Å². The molecule has 3 N–H and O–H groups in total. The number of hydrogen-bond donors (Lipinski definition) is 3. The summed E-state index contributed by atoms with van der Waals surface area (Å²) in [6.45, 7) is 0.273. The first-order valence-corrected chi connectivity index (χ1v) is 5.94. The van der Waals surface area contributed by atoms with Crippen molar-refractivity contribution in [2.24, 2.45) is 0 Å². The van der Waals surface area contributed by atoms with Gasteiger partial charge in [-0.05, 0) is 18.1 Å². The molecule has 0 aliphatic heterocycles. The minimum Gasteiger partial charge on any atom is -0.395 e. The van der Waals surface area contributed by atoms with Crippen molar-refractivity contribution in [1.82, 2.24) is 10.3 Å². The van der Waals surface area contributed by atoms with Crippen LogP contribution in [0.4, 0.5) is 0 Å². The number of hydrogen-bond acceptors (Lipinski definition) is 2. The lowest BCUT2D eigenvalue weighted by Crippen LogP contribution is -2.26. The zero-order valence-corrected chi connectivity index (χ0v) is 10.1. The van der Waals surface area contributed by atoms with E-state index in [0.717, 1.165) is 16.5 Å². The van der Waals surface area contributed by atoms with E-state index in [2.05, 4.69) is 10.3 Å². The second-order valence-corrected chi connectivity index (χ2v) is 4.19. The van der Waals surface area contributed by atoms with Crippen LogP contribution in [-0.2, 0) is 11.2 Å². The number of aliphatic hydroxyl groups excluding tert-OH is 1. The number of benzene rings is 1. The Morgan fingerprint density at radius 2 is 2.28 bits per heavy atom. The number of rotatable bonds is 5. The quantitative estimate of drug-likeness (QED) is 0.646. The molecular weight excluding hydrogens is 227 g/mol. The lowest BCUT2D eigenvalue weighted by molar-refractivity contribution is -0.121. The van der Waals surface area contributed by atoms with E-state index in [-0.39, 0.29) is 12.5 Å². The first kappa shape index (κ1) is 12.7. The Morgan fingerprint density at radius 1 is 1.44 bits per heavy atom. The Bertz CT molecular complexity index is 551. The third-order valence-electron chi connectivity index (χ3n) is 2.85. The van der Waals surface area contributed by atoms with E-state index < -0.39 is 0 Å². The molecule has 1 amide bonds. The summed E-state index contributed by atoms with van der Waals surface area (Å²) in [5.41, 5.74) is 2.82. The van der Waals surface area contributed by atoms with Crippen molar-refractivity contribution in [3.63, 3.8) is 0 Å². The average Bonchev–Trinajstić information content (AvgIpc) is 2.76. The topological polar surface area (TPSA) is 65.1 Å².